The van der Waals surface area contributed by atoms with Crippen molar-refractivity contribution in [2.75, 3.05) is 31.2 Å². The van der Waals surface area contributed by atoms with Crippen LogP contribution in [0.4, 0.5) is 11.5 Å². The number of nitrogens with zero attached hydrogens (tertiary/aromatic N) is 3. The molecule has 1 N–H and O–H groups in total. The number of rotatable bonds is 6. The number of carbonyl (C=O) groups excluding carboxylic acids is 1. The second-order valence-electron chi connectivity index (χ2n) is 5.99. The Kier molecular flexibility index (Phi) is 6.11. The number of para-hydroxylation sites is 1. The Morgan fingerprint density at radius 2 is 2.07 bits per heavy atom. The zero-order valence-electron chi connectivity index (χ0n) is 14.7. The maximum Gasteiger partial charge on any atom is 0.276 e. The highest BCUT2D eigenvalue weighted by Crippen LogP contribution is 2.19. The fourth-order valence-corrected chi connectivity index (χ4v) is 2.74. The highest BCUT2D eigenvalue weighted by atomic mass is 16.6. The van der Waals surface area contributed by atoms with E-state index in [1.807, 2.05) is 12.1 Å². The third kappa shape index (κ3) is 5.11. The molecule has 1 aliphatic rings. The van der Waals surface area contributed by atoms with Crippen molar-refractivity contribution in [1.29, 1.82) is 0 Å². The Morgan fingerprint density at radius 1 is 1.30 bits per heavy atom. The van der Waals surface area contributed by atoms with Gasteiger partial charge in [0.2, 0.25) is 5.91 Å². The molecule has 1 aromatic heterocycles. The van der Waals surface area contributed by atoms with Crippen LogP contribution in [0, 0.1) is 10.1 Å². The topological polar surface area (TPSA) is 97.6 Å². The van der Waals surface area contributed by atoms with Gasteiger partial charge in [0.1, 0.15) is 5.82 Å². The van der Waals surface area contributed by atoms with Crippen LogP contribution in [-0.4, -0.2) is 42.1 Å². The molecule has 1 aliphatic heterocycles. The standard InChI is InChI=1S/C19H20N4O4/c24-19(6-5-16-3-1-2-4-17(16)23(25)26)21-14-15-7-8-20-18(13-15)22-9-11-27-12-10-22/h1-8,13H,9-12,14H2,(H,21,24)/b6-5+. The van der Waals surface area contributed by atoms with E-state index in [2.05, 4.69) is 15.2 Å². The minimum Gasteiger partial charge on any atom is -0.378 e. The SMILES string of the molecule is O=C(/C=C/c1ccccc1[N+](=O)[O-])NCc1ccnc(N2CCOCC2)c1. The van der Waals surface area contributed by atoms with Gasteiger partial charge in [0, 0.05) is 38.0 Å². The lowest BCUT2D eigenvalue weighted by molar-refractivity contribution is -0.385. The van der Waals surface area contributed by atoms with E-state index < -0.39 is 4.92 Å². The van der Waals surface area contributed by atoms with Crippen molar-refractivity contribution in [3.8, 4) is 0 Å². The first kappa shape index (κ1) is 18.5. The lowest BCUT2D eigenvalue weighted by Crippen LogP contribution is -2.36. The van der Waals surface area contributed by atoms with E-state index in [-0.39, 0.29) is 11.6 Å². The lowest BCUT2D eigenvalue weighted by Gasteiger charge is -2.28. The van der Waals surface area contributed by atoms with E-state index in [9.17, 15) is 14.9 Å². The Labute approximate surface area is 156 Å². The first-order valence-corrected chi connectivity index (χ1v) is 8.60. The molecule has 0 unspecified atom stereocenters. The second kappa shape index (κ2) is 8.91. The van der Waals surface area contributed by atoms with E-state index in [1.54, 1.807) is 24.4 Å². The highest BCUT2D eigenvalue weighted by molar-refractivity contribution is 5.92. The molecule has 0 bridgehead atoms. The van der Waals surface area contributed by atoms with Gasteiger partial charge in [-0.2, -0.15) is 0 Å². The zero-order valence-corrected chi connectivity index (χ0v) is 14.7. The van der Waals surface area contributed by atoms with Crippen LogP contribution in [0.2, 0.25) is 0 Å². The third-order valence-electron chi connectivity index (χ3n) is 4.16. The van der Waals surface area contributed by atoms with Crippen molar-refractivity contribution in [3.05, 3.63) is 69.9 Å². The number of anilines is 1. The van der Waals surface area contributed by atoms with Gasteiger partial charge >= 0.3 is 0 Å². The summed E-state index contributed by atoms with van der Waals surface area (Å²) in [6.45, 7) is 3.29. The molecule has 8 nitrogen and oxygen atoms in total. The molecule has 0 spiro atoms. The van der Waals surface area contributed by atoms with Gasteiger partial charge in [-0.25, -0.2) is 4.98 Å². The van der Waals surface area contributed by atoms with Crippen LogP contribution in [0.15, 0.2) is 48.7 Å². The van der Waals surface area contributed by atoms with Crippen molar-refractivity contribution in [3.63, 3.8) is 0 Å². The van der Waals surface area contributed by atoms with Crippen LogP contribution < -0.4 is 10.2 Å². The molecule has 1 amide bonds. The number of aromatic nitrogens is 1. The predicted octanol–water partition coefficient (Wildman–Crippen LogP) is 2.16. The molecule has 1 fully saturated rings. The number of nitro groups is 1. The van der Waals surface area contributed by atoms with E-state index in [1.165, 1.54) is 18.2 Å². The quantitative estimate of drug-likeness (QED) is 0.477. The molecule has 0 atom stereocenters. The fourth-order valence-electron chi connectivity index (χ4n) is 2.74. The summed E-state index contributed by atoms with van der Waals surface area (Å²) in [5.74, 6) is 0.540. The summed E-state index contributed by atoms with van der Waals surface area (Å²) in [5.41, 5.74) is 1.28. The van der Waals surface area contributed by atoms with E-state index >= 15 is 0 Å². The van der Waals surface area contributed by atoms with Gasteiger partial charge in [0.25, 0.3) is 5.69 Å². The average molecular weight is 368 g/mol. The Balaban J connectivity index is 1.59. The minimum atomic E-state index is -0.471. The molecule has 140 valence electrons. The van der Waals surface area contributed by atoms with Crippen LogP contribution >= 0.6 is 0 Å². The van der Waals surface area contributed by atoms with Gasteiger partial charge in [-0.15, -0.1) is 0 Å². The first-order valence-electron chi connectivity index (χ1n) is 8.60. The summed E-state index contributed by atoms with van der Waals surface area (Å²) in [4.78, 5) is 29.1. The maximum atomic E-state index is 12.0. The van der Waals surface area contributed by atoms with Gasteiger partial charge in [-0.1, -0.05) is 12.1 Å². The van der Waals surface area contributed by atoms with Gasteiger partial charge in [-0.05, 0) is 29.8 Å². The predicted molar refractivity (Wildman–Crippen MR) is 101 cm³/mol. The molecule has 8 heteroatoms. The van der Waals surface area contributed by atoms with E-state index in [4.69, 9.17) is 4.74 Å². The molecule has 0 aliphatic carbocycles. The molecule has 2 aromatic rings. The summed E-state index contributed by atoms with van der Waals surface area (Å²) >= 11 is 0. The number of morpholine rings is 1. The highest BCUT2D eigenvalue weighted by Gasteiger charge is 2.13. The molecule has 0 saturated carbocycles. The molecular weight excluding hydrogens is 348 g/mol. The Hall–Kier alpha value is -3.26. The molecule has 3 rings (SSSR count). The number of ether oxygens (including phenoxy) is 1. The fraction of sp³-hybridized carbons (Fsp3) is 0.263. The Bertz CT molecular complexity index is 847. The van der Waals surface area contributed by atoms with Crippen molar-refractivity contribution >= 4 is 23.5 Å². The summed E-state index contributed by atoms with van der Waals surface area (Å²) in [7, 11) is 0. The van der Waals surface area contributed by atoms with Crippen LogP contribution in [0.1, 0.15) is 11.1 Å². The third-order valence-corrected chi connectivity index (χ3v) is 4.16. The molecular formula is C19H20N4O4. The molecule has 1 aromatic carbocycles. The average Bonchev–Trinajstić information content (AvgIpc) is 2.71. The number of benzene rings is 1. The largest absolute Gasteiger partial charge is 0.378 e. The van der Waals surface area contributed by atoms with Crippen LogP contribution in [0.3, 0.4) is 0 Å². The molecule has 27 heavy (non-hydrogen) atoms. The van der Waals surface area contributed by atoms with Gasteiger partial charge < -0.3 is 15.0 Å². The number of nitro benzene ring substituents is 1. The van der Waals surface area contributed by atoms with E-state index in [0.29, 0.717) is 25.3 Å². The summed E-state index contributed by atoms with van der Waals surface area (Å²) in [6, 6.07) is 10.1. The molecule has 0 radical (unpaired) electrons. The van der Waals surface area contributed by atoms with Crippen molar-refractivity contribution < 1.29 is 14.5 Å². The number of nitrogens with one attached hydrogen (secondary N) is 1. The van der Waals surface area contributed by atoms with Gasteiger partial charge in [0.05, 0.1) is 23.7 Å². The maximum absolute atomic E-state index is 12.0. The number of pyridine rings is 1. The zero-order chi connectivity index (χ0) is 19.1. The number of hydrogen-bond donors (Lipinski definition) is 1. The smallest absolute Gasteiger partial charge is 0.276 e. The van der Waals surface area contributed by atoms with Gasteiger partial charge in [-0.3, -0.25) is 14.9 Å². The first-order chi connectivity index (χ1) is 13.1. The van der Waals surface area contributed by atoms with Crippen molar-refractivity contribution in [1.82, 2.24) is 10.3 Å². The lowest BCUT2D eigenvalue weighted by atomic mass is 10.1. The molecule has 1 saturated heterocycles. The summed E-state index contributed by atoms with van der Waals surface area (Å²) < 4.78 is 5.34. The van der Waals surface area contributed by atoms with Crippen LogP contribution in [0.25, 0.3) is 6.08 Å². The molecule has 2 heterocycles. The van der Waals surface area contributed by atoms with E-state index in [0.717, 1.165) is 24.5 Å². The second-order valence-corrected chi connectivity index (χ2v) is 5.99. The Morgan fingerprint density at radius 3 is 2.85 bits per heavy atom. The van der Waals surface area contributed by atoms with Gasteiger partial charge in [0.15, 0.2) is 0 Å². The minimum absolute atomic E-state index is 0.0363. The van der Waals surface area contributed by atoms with Crippen molar-refractivity contribution in [2.24, 2.45) is 0 Å². The number of carbonyl (C=O) groups is 1. The number of amides is 1. The number of hydrogen-bond acceptors (Lipinski definition) is 6. The van der Waals surface area contributed by atoms with Crippen molar-refractivity contribution in [2.45, 2.75) is 6.54 Å². The normalized spacial score (nSPS) is 14.3. The van der Waals surface area contributed by atoms with Crippen LogP contribution in [-0.2, 0) is 16.1 Å². The summed E-state index contributed by atoms with van der Waals surface area (Å²) in [5, 5.41) is 13.8. The van der Waals surface area contributed by atoms with Crippen LogP contribution in [0.5, 0.6) is 0 Å². The monoisotopic (exact) mass is 368 g/mol. The summed E-state index contributed by atoms with van der Waals surface area (Å²) in [6.07, 6.45) is 4.46.